The molecule has 0 aliphatic rings. The van der Waals surface area contributed by atoms with Crippen LogP contribution in [0.15, 0.2) is 12.1 Å². The Morgan fingerprint density at radius 2 is 2.00 bits per heavy atom. The molecule has 2 aromatic rings. The van der Waals surface area contributed by atoms with Gasteiger partial charge in [-0.15, -0.1) is 0 Å². The number of aromatic amines is 1. The van der Waals surface area contributed by atoms with Gasteiger partial charge in [-0.25, -0.2) is 4.79 Å². The molecule has 0 saturated heterocycles. The van der Waals surface area contributed by atoms with Gasteiger partial charge >= 0.3 is 18.1 Å². The topological polar surface area (TPSA) is 79.4 Å². The lowest BCUT2D eigenvalue weighted by Gasteiger charge is -2.08. The highest BCUT2D eigenvalue weighted by Crippen LogP contribution is 2.37. The van der Waals surface area contributed by atoms with Gasteiger partial charge in [-0.3, -0.25) is 4.79 Å². The maximum absolute atomic E-state index is 12.9. The van der Waals surface area contributed by atoms with Crippen LogP contribution in [0.2, 0.25) is 5.02 Å². The molecule has 0 amide bonds. The van der Waals surface area contributed by atoms with E-state index in [1.807, 2.05) is 0 Å². The molecule has 0 unspecified atom stereocenters. The zero-order chi connectivity index (χ0) is 18.1. The third kappa shape index (κ3) is 3.64. The number of hydrogen-bond donors (Lipinski definition) is 2. The van der Waals surface area contributed by atoms with Gasteiger partial charge in [0.15, 0.2) is 0 Å². The first-order chi connectivity index (χ1) is 11.1. The van der Waals surface area contributed by atoms with Crippen LogP contribution in [0.5, 0.6) is 0 Å². The van der Waals surface area contributed by atoms with Gasteiger partial charge in [0.1, 0.15) is 5.69 Å². The summed E-state index contributed by atoms with van der Waals surface area (Å²) < 4.78 is 43.6. The Morgan fingerprint density at radius 3 is 2.54 bits per heavy atom. The molecule has 2 rings (SSSR count). The summed E-state index contributed by atoms with van der Waals surface area (Å²) in [4.78, 5) is 25.3. The van der Waals surface area contributed by atoms with E-state index in [4.69, 9.17) is 16.3 Å². The summed E-state index contributed by atoms with van der Waals surface area (Å²) in [5.41, 5.74) is -1.12. The first-order valence-electron chi connectivity index (χ1n) is 6.95. The average Bonchev–Trinajstić information content (AvgIpc) is 2.84. The fourth-order valence-corrected chi connectivity index (χ4v) is 2.64. The van der Waals surface area contributed by atoms with Crippen molar-refractivity contribution in [2.75, 3.05) is 6.61 Å². The third-order valence-corrected chi connectivity index (χ3v) is 3.69. The molecular weight excluding hydrogens is 351 g/mol. The molecule has 0 fully saturated rings. The Hall–Kier alpha value is -2.22. The van der Waals surface area contributed by atoms with Crippen LogP contribution >= 0.6 is 11.6 Å². The number of ether oxygens (including phenoxy) is 1. The van der Waals surface area contributed by atoms with Crippen molar-refractivity contribution < 1.29 is 32.6 Å². The summed E-state index contributed by atoms with van der Waals surface area (Å²) in [5, 5.41) is 9.02. The van der Waals surface area contributed by atoms with E-state index < -0.39 is 23.7 Å². The predicted octanol–water partition coefficient (Wildman–Crippen LogP) is 4.03. The highest BCUT2D eigenvalue weighted by atomic mass is 35.5. The monoisotopic (exact) mass is 363 g/mol. The SMILES string of the molecule is CCOC(=O)CCc1c(C(=O)O)[nH]c2c(Cl)cc(C(F)(F)F)cc12. The highest BCUT2D eigenvalue weighted by molar-refractivity contribution is 6.35. The Balaban J connectivity index is 2.56. The molecule has 130 valence electrons. The van der Waals surface area contributed by atoms with Crippen LogP contribution in [-0.4, -0.2) is 28.6 Å². The number of carbonyl (C=O) groups is 2. The Morgan fingerprint density at radius 1 is 1.33 bits per heavy atom. The zero-order valence-electron chi connectivity index (χ0n) is 12.5. The van der Waals surface area contributed by atoms with Crippen LogP contribution in [-0.2, 0) is 22.1 Å². The number of nitrogens with one attached hydrogen (secondary N) is 1. The van der Waals surface area contributed by atoms with E-state index in [1.54, 1.807) is 6.92 Å². The molecule has 0 aliphatic heterocycles. The number of alkyl halides is 3. The molecule has 2 N–H and O–H groups in total. The number of carbonyl (C=O) groups excluding carboxylic acids is 1. The van der Waals surface area contributed by atoms with Crippen LogP contribution in [0, 0.1) is 0 Å². The van der Waals surface area contributed by atoms with Gasteiger partial charge in [0, 0.05) is 11.8 Å². The number of halogens is 4. The first kappa shape index (κ1) is 18.1. The van der Waals surface area contributed by atoms with E-state index in [2.05, 4.69) is 4.98 Å². The number of rotatable bonds is 5. The van der Waals surface area contributed by atoms with E-state index >= 15 is 0 Å². The van der Waals surface area contributed by atoms with Crippen LogP contribution in [0.4, 0.5) is 13.2 Å². The van der Waals surface area contributed by atoms with E-state index in [9.17, 15) is 27.9 Å². The number of carboxylic acids is 1. The Bertz CT molecular complexity index is 798. The first-order valence-corrected chi connectivity index (χ1v) is 7.33. The van der Waals surface area contributed by atoms with Gasteiger partial charge in [0.25, 0.3) is 0 Å². The van der Waals surface area contributed by atoms with Gasteiger partial charge in [-0.2, -0.15) is 13.2 Å². The summed E-state index contributed by atoms with van der Waals surface area (Å²) in [5.74, 6) is -1.92. The lowest BCUT2D eigenvalue weighted by Crippen LogP contribution is -2.08. The fourth-order valence-electron chi connectivity index (χ4n) is 2.37. The molecule has 0 bridgehead atoms. The molecule has 9 heteroatoms. The molecule has 5 nitrogen and oxygen atoms in total. The van der Waals surface area contributed by atoms with Crippen LogP contribution in [0.25, 0.3) is 10.9 Å². The average molecular weight is 364 g/mol. The number of H-pyrrole nitrogens is 1. The molecule has 0 aliphatic carbocycles. The van der Waals surface area contributed by atoms with Crippen molar-refractivity contribution in [3.63, 3.8) is 0 Å². The summed E-state index contributed by atoms with van der Waals surface area (Å²) >= 11 is 5.85. The van der Waals surface area contributed by atoms with Gasteiger partial charge in [0.2, 0.25) is 0 Å². The fraction of sp³-hybridized carbons (Fsp3) is 0.333. The van der Waals surface area contributed by atoms with Crippen molar-refractivity contribution in [3.05, 3.63) is 34.0 Å². The van der Waals surface area contributed by atoms with Gasteiger partial charge in [0.05, 0.1) is 22.7 Å². The lowest BCUT2D eigenvalue weighted by atomic mass is 10.0. The summed E-state index contributed by atoms with van der Waals surface area (Å²) in [6.07, 6.45) is -4.87. The molecular formula is C15H13ClF3NO4. The number of aromatic carboxylic acids is 1. The number of benzene rings is 1. The predicted molar refractivity (Wildman–Crippen MR) is 80.2 cm³/mol. The molecule has 1 aromatic carbocycles. The number of aromatic nitrogens is 1. The van der Waals surface area contributed by atoms with Crippen molar-refractivity contribution >= 4 is 34.4 Å². The number of fused-ring (bicyclic) bond motifs is 1. The van der Waals surface area contributed by atoms with Crippen molar-refractivity contribution in [1.82, 2.24) is 4.98 Å². The minimum atomic E-state index is -4.63. The maximum Gasteiger partial charge on any atom is 0.416 e. The van der Waals surface area contributed by atoms with Crippen molar-refractivity contribution in [1.29, 1.82) is 0 Å². The van der Waals surface area contributed by atoms with Crippen molar-refractivity contribution in [2.24, 2.45) is 0 Å². The van der Waals surface area contributed by atoms with E-state index in [-0.39, 0.29) is 46.6 Å². The minimum Gasteiger partial charge on any atom is -0.477 e. The van der Waals surface area contributed by atoms with Crippen molar-refractivity contribution in [2.45, 2.75) is 25.9 Å². The minimum absolute atomic E-state index is 0.0246. The standard InChI is InChI=1S/C15H13ClF3NO4/c1-2-24-11(21)4-3-8-9-5-7(15(17,18)19)6-10(16)12(9)20-13(8)14(22)23/h5-6,20H,2-4H2,1H3,(H,22,23). The zero-order valence-corrected chi connectivity index (χ0v) is 13.2. The largest absolute Gasteiger partial charge is 0.477 e. The van der Waals surface area contributed by atoms with Crippen LogP contribution < -0.4 is 0 Å². The molecule has 0 saturated carbocycles. The molecule has 1 heterocycles. The number of aryl methyl sites for hydroxylation is 1. The Labute approximate surface area is 139 Å². The van der Waals surface area contributed by atoms with Crippen LogP contribution in [0.3, 0.4) is 0 Å². The smallest absolute Gasteiger partial charge is 0.416 e. The highest BCUT2D eigenvalue weighted by Gasteiger charge is 2.32. The normalized spacial score (nSPS) is 11.7. The second kappa shape index (κ2) is 6.72. The molecule has 0 spiro atoms. The molecule has 0 atom stereocenters. The number of esters is 1. The van der Waals surface area contributed by atoms with E-state index in [1.165, 1.54) is 0 Å². The molecule has 24 heavy (non-hydrogen) atoms. The molecule has 1 aromatic heterocycles. The second-order valence-corrected chi connectivity index (χ2v) is 5.37. The van der Waals surface area contributed by atoms with Gasteiger partial charge in [-0.05, 0) is 31.0 Å². The number of carboxylic acid groups (broad SMARTS) is 1. The second-order valence-electron chi connectivity index (χ2n) is 4.97. The quantitative estimate of drug-likeness (QED) is 0.786. The Kier molecular flexibility index (Phi) is 5.08. The summed E-state index contributed by atoms with van der Waals surface area (Å²) in [7, 11) is 0. The van der Waals surface area contributed by atoms with Crippen LogP contribution in [0.1, 0.15) is 35.0 Å². The van der Waals surface area contributed by atoms with Gasteiger partial charge in [-0.1, -0.05) is 11.6 Å². The lowest BCUT2D eigenvalue weighted by molar-refractivity contribution is -0.143. The van der Waals surface area contributed by atoms with Crippen molar-refractivity contribution in [3.8, 4) is 0 Å². The third-order valence-electron chi connectivity index (χ3n) is 3.39. The van der Waals surface area contributed by atoms with E-state index in [0.717, 1.165) is 12.1 Å². The number of hydrogen-bond acceptors (Lipinski definition) is 3. The maximum atomic E-state index is 12.9. The molecule has 0 radical (unpaired) electrons. The summed E-state index contributed by atoms with van der Waals surface area (Å²) in [6.45, 7) is 1.77. The van der Waals surface area contributed by atoms with E-state index in [0.29, 0.717) is 0 Å². The summed E-state index contributed by atoms with van der Waals surface area (Å²) in [6, 6.07) is 1.55. The van der Waals surface area contributed by atoms with Gasteiger partial charge < -0.3 is 14.8 Å².